The first kappa shape index (κ1) is 30.7. The molecule has 0 saturated carbocycles. The van der Waals surface area contributed by atoms with E-state index in [1.165, 1.54) is 13.2 Å². The van der Waals surface area contributed by atoms with E-state index < -0.39 is 11.8 Å². The zero-order valence-electron chi connectivity index (χ0n) is 25.9. The molecule has 6 aliphatic rings. The van der Waals surface area contributed by atoms with Crippen molar-refractivity contribution in [1.82, 2.24) is 10.2 Å². The van der Waals surface area contributed by atoms with Crippen LogP contribution in [0.2, 0.25) is 10.0 Å². The number of hydrogen-bond acceptors (Lipinski definition) is 8. The van der Waals surface area contributed by atoms with E-state index in [2.05, 4.69) is 15.1 Å². The van der Waals surface area contributed by atoms with Crippen molar-refractivity contribution in [2.75, 3.05) is 49.9 Å². The van der Waals surface area contributed by atoms with Crippen molar-refractivity contribution in [3.8, 4) is 16.9 Å². The van der Waals surface area contributed by atoms with Gasteiger partial charge < -0.3 is 34.2 Å². The smallest absolute Gasteiger partial charge is 0.340 e. The summed E-state index contributed by atoms with van der Waals surface area (Å²) in [5.41, 5.74) is 3.51. The van der Waals surface area contributed by atoms with Gasteiger partial charge >= 0.3 is 5.97 Å². The molecule has 5 fully saturated rings. The molecule has 6 aliphatic heterocycles. The van der Waals surface area contributed by atoms with Crippen molar-refractivity contribution in [3.63, 3.8) is 0 Å². The number of hydrogen-bond donors (Lipinski definition) is 1. The lowest BCUT2D eigenvalue weighted by molar-refractivity contribution is 0.0515. The van der Waals surface area contributed by atoms with Gasteiger partial charge in [-0.1, -0.05) is 41.4 Å². The van der Waals surface area contributed by atoms with Gasteiger partial charge in [0.15, 0.2) is 6.73 Å². The lowest BCUT2D eigenvalue weighted by atomic mass is 9.92. The average Bonchev–Trinajstić information content (AvgIpc) is 3.34. The molecule has 0 aliphatic carbocycles. The van der Waals surface area contributed by atoms with Crippen LogP contribution in [0.15, 0.2) is 42.5 Å². The Morgan fingerprint density at radius 1 is 0.979 bits per heavy atom. The van der Waals surface area contributed by atoms with E-state index in [0.29, 0.717) is 63.5 Å². The van der Waals surface area contributed by atoms with E-state index in [4.69, 9.17) is 37.4 Å². The summed E-state index contributed by atoms with van der Waals surface area (Å²) in [5, 5.41) is 4.14. The van der Waals surface area contributed by atoms with Gasteiger partial charge in [-0.2, -0.15) is 0 Å². The van der Waals surface area contributed by atoms with Gasteiger partial charge in [0.1, 0.15) is 11.6 Å². The molecule has 6 heterocycles. The Labute approximate surface area is 282 Å². The highest BCUT2D eigenvalue weighted by Gasteiger charge is 2.40. The summed E-state index contributed by atoms with van der Waals surface area (Å²) < 4.78 is 32.9. The van der Waals surface area contributed by atoms with Crippen LogP contribution in [0.4, 0.5) is 15.8 Å². The second-order valence-corrected chi connectivity index (χ2v) is 13.8. The number of methoxy groups -OCH3 is 1. The van der Waals surface area contributed by atoms with Gasteiger partial charge in [0, 0.05) is 47.6 Å². The standard InChI is InChI=1S/C35H35Cl2FN4O5/c1-45-35(44)27-11-30(38)26(12-31(27)42-22-7-8-23(42)17-46-16-22)25-4-2-3-19-14-40(18-47-33(19)25)34(43)32-28(36)9-24(10-29(32)37)41-15-20-5-6-21(41)13-39-20/h2-4,9-12,20-23,39H,5-8,13-18H2,1H3/t20-,21?,22?,23?/m1/s1. The monoisotopic (exact) mass is 680 g/mol. The summed E-state index contributed by atoms with van der Waals surface area (Å²) >= 11 is 13.5. The molecule has 9 nitrogen and oxygen atoms in total. The van der Waals surface area contributed by atoms with Crippen LogP contribution in [-0.4, -0.2) is 81.1 Å². The third kappa shape index (κ3) is 5.30. The third-order valence-electron chi connectivity index (χ3n) is 10.3. The van der Waals surface area contributed by atoms with Crippen LogP contribution in [0.1, 0.15) is 52.0 Å². The summed E-state index contributed by atoms with van der Waals surface area (Å²) in [6, 6.07) is 13.1. The number of benzene rings is 3. The van der Waals surface area contributed by atoms with Crippen LogP contribution in [0.25, 0.3) is 11.1 Å². The number of carbonyl (C=O) groups is 2. The Hall–Kier alpha value is -3.57. The van der Waals surface area contributed by atoms with E-state index in [0.717, 1.165) is 44.5 Å². The highest BCUT2D eigenvalue weighted by Crippen LogP contribution is 2.44. The first-order valence-electron chi connectivity index (χ1n) is 16.1. The lowest BCUT2D eigenvalue weighted by Gasteiger charge is -2.47. The van der Waals surface area contributed by atoms with Gasteiger partial charge in [-0.3, -0.25) is 4.79 Å². The Bertz CT molecular complexity index is 1730. The number of fused-ring (bicyclic) bond motifs is 6. The number of ether oxygens (including phenoxy) is 3. The summed E-state index contributed by atoms with van der Waals surface area (Å²) in [5.74, 6) is -1.02. The fraction of sp³-hybridized carbons (Fsp3) is 0.429. The van der Waals surface area contributed by atoms with Crippen molar-refractivity contribution < 1.29 is 28.2 Å². The molecule has 4 bridgehead atoms. The molecule has 47 heavy (non-hydrogen) atoms. The summed E-state index contributed by atoms with van der Waals surface area (Å²) in [7, 11) is 1.30. The highest BCUT2D eigenvalue weighted by atomic mass is 35.5. The highest BCUT2D eigenvalue weighted by molar-refractivity contribution is 6.40. The van der Waals surface area contributed by atoms with Gasteiger partial charge in [0.2, 0.25) is 0 Å². The maximum absolute atomic E-state index is 15.9. The molecule has 0 radical (unpaired) electrons. The van der Waals surface area contributed by atoms with Gasteiger partial charge in [-0.15, -0.1) is 0 Å². The molecule has 12 heteroatoms. The number of nitrogens with one attached hydrogen (secondary N) is 1. The van der Waals surface area contributed by atoms with E-state index in [9.17, 15) is 9.59 Å². The quantitative estimate of drug-likeness (QED) is 0.335. The largest absolute Gasteiger partial charge is 0.472 e. The second kappa shape index (κ2) is 12.1. The molecule has 3 aromatic carbocycles. The number of amides is 1. The van der Waals surface area contributed by atoms with Crippen LogP contribution in [0.5, 0.6) is 5.75 Å². The summed E-state index contributed by atoms with van der Waals surface area (Å²) in [6.45, 7) is 3.05. The zero-order chi connectivity index (χ0) is 32.4. The molecule has 0 aromatic heterocycles. The predicted molar refractivity (Wildman–Crippen MR) is 177 cm³/mol. The average molecular weight is 682 g/mol. The van der Waals surface area contributed by atoms with Crippen LogP contribution in [-0.2, 0) is 16.0 Å². The number of carbonyl (C=O) groups excluding carboxylic acids is 2. The van der Waals surface area contributed by atoms with Crippen molar-refractivity contribution in [2.45, 2.75) is 56.4 Å². The molecular weight excluding hydrogens is 646 g/mol. The second-order valence-electron chi connectivity index (χ2n) is 13.0. The molecular formula is C35H35Cl2FN4O5. The van der Waals surface area contributed by atoms with Gasteiger partial charge in [0.25, 0.3) is 5.91 Å². The van der Waals surface area contributed by atoms with Crippen LogP contribution in [0, 0.1) is 5.82 Å². The molecule has 246 valence electrons. The molecule has 0 spiro atoms. The number of anilines is 2. The maximum Gasteiger partial charge on any atom is 0.340 e. The Morgan fingerprint density at radius 2 is 1.72 bits per heavy atom. The van der Waals surface area contributed by atoms with E-state index >= 15 is 4.39 Å². The van der Waals surface area contributed by atoms with Crippen LogP contribution >= 0.6 is 23.2 Å². The number of piperidine rings is 2. The molecule has 3 aromatic rings. The minimum Gasteiger partial charge on any atom is -0.472 e. The fourth-order valence-corrected chi connectivity index (χ4v) is 8.64. The van der Waals surface area contributed by atoms with Gasteiger partial charge in [-0.05, 0) is 49.9 Å². The fourth-order valence-electron chi connectivity index (χ4n) is 8.01. The van der Waals surface area contributed by atoms with Gasteiger partial charge in [0.05, 0.1) is 65.8 Å². The van der Waals surface area contributed by atoms with Crippen molar-refractivity contribution >= 4 is 46.5 Å². The first-order valence-corrected chi connectivity index (χ1v) is 16.9. The molecule has 1 amide bonds. The van der Waals surface area contributed by atoms with E-state index in [1.807, 2.05) is 24.3 Å². The number of esters is 1. The number of morpholine rings is 1. The van der Waals surface area contributed by atoms with Gasteiger partial charge in [-0.25, -0.2) is 9.18 Å². The summed E-state index contributed by atoms with van der Waals surface area (Å²) in [4.78, 5) is 32.7. The Kier molecular flexibility index (Phi) is 7.95. The van der Waals surface area contributed by atoms with Crippen molar-refractivity contribution in [2.24, 2.45) is 0 Å². The normalized spacial score (nSPS) is 24.6. The number of halogens is 3. The Balaban J connectivity index is 1.09. The van der Waals surface area contributed by atoms with Crippen LogP contribution in [0.3, 0.4) is 0 Å². The number of piperazine rings is 1. The SMILES string of the molecule is COC(=O)c1cc(F)c(-c2cccc3c2OCN(C(=O)c2c(Cl)cc(N4C[C@H]5CCC4CN5)cc2Cl)C3)cc1N1C2CCC1COC2. The number of para-hydroxylation sites is 1. The van der Waals surface area contributed by atoms with E-state index in [-0.39, 0.29) is 42.4 Å². The number of nitrogens with zero attached hydrogens (tertiary/aromatic N) is 3. The summed E-state index contributed by atoms with van der Waals surface area (Å²) in [6.07, 6.45) is 4.12. The maximum atomic E-state index is 15.9. The topological polar surface area (TPSA) is 83.6 Å². The molecule has 1 N–H and O–H groups in total. The van der Waals surface area contributed by atoms with E-state index in [1.54, 1.807) is 17.0 Å². The molecule has 4 atom stereocenters. The minimum atomic E-state index is -0.595. The lowest BCUT2D eigenvalue weighted by Crippen LogP contribution is -2.61. The van der Waals surface area contributed by atoms with Crippen molar-refractivity contribution in [1.29, 1.82) is 0 Å². The molecule has 5 saturated heterocycles. The first-order chi connectivity index (χ1) is 22.8. The number of rotatable bonds is 5. The zero-order valence-corrected chi connectivity index (χ0v) is 27.5. The van der Waals surface area contributed by atoms with Crippen molar-refractivity contribution in [3.05, 3.63) is 75.0 Å². The predicted octanol–water partition coefficient (Wildman–Crippen LogP) is 5.89. The molecule has 9 rings (SSSR count). The van der Waals surface area contributed by atoms with Crippen LogP contribution < -0.4 is 19.9 Å². The molecule has 3 unspecified atom stereocenters. The Morgan fingerprint density at radius 3 is 2.38 bits per heavy atom. The third-order valence-corrected chi connectivity index (χ3v) is 10.9. The minimum absolute atomic E-state index is 0.0683.